The summed E-state index contributed by atoms with van der Waals surface area (Å²) in [6, 6.07) is 10.4. The lowest BCUT2D eigenvalue weighted by Gasteiger charge is -2.11. The third-order valence-corrected chi connectivity index (χ3v) is 2.97. The molecular weight excluding hydrogens is 268 g/mol. The molecular formula is C14H7ClO4. The lowest BCUT2D eigenvalue weighted by atomic mass is 10.1. The highest BCUT2D eigenvalue weighted by Gasteiger charge is 2.16. The molecule has 0 aromatic heterocycles. The van der Waals surface area contributed by atoms with Gasteiger partial charge in [0.2, 0.25) is 0 Å². The maximum Gasteiger partial charge on any atom is 0.343 e. The molecule has 0 unspecified atom stereocenters. The Kier molecular flexibility index (Phi) is 2.72. The fourth-order valence-corrected chi connectivity index (χ4v) is 1.90. The van der Waals surface area contributed by atoms with E-state index in [4.69, 9.17) is 21.1 Å². The fourth-order valence-electron chi connectivity index (χ4n) is 1.69. The molecule has 5 heteroatoms. The van der Waals surface area contributed by atoms with E-state index in [-0.39, 0.29) is 10.8 Å². The minimum atomic E-state index is -0.532. The van der Waals surface area contributed by atoms with E-state index in [2.05, 4.69) is 0 Å². The zero-order valence-corrected chi connectivity index (χ0v) is 10.3. The van der Waals surface area contributed by atoms with Crippen LogP contribution in [0.25, 0.3) is 0 Å². The molecule has 94 valence electrons. The third-order valence-electron chi connectivity index (χ3n) is 2.67. The Hall–Kier alpha value is -2.33. The Morgan fingerprint density at radius 2 is 1.37 bits per heavy atom. The SMILES string of the molecule is O=C1Oc2ccc(c(Cl)c2)OC(=O)c2ccc1cc2. The van der Waals surface area contributed by atoms with Gasteiger partial charge in [0.1, 0.15) is 11.5 Å². The Bertz CT molecular complexity index is 676. The van der Waals surface area contributed by atoms with E-state index in [1.807, 2.05) is 0 Å². The topological polar surface area (TPSA) is 52.6 Å². The van der Waals surface area contributed by atoms with Crippen molar-refractivity contribution in [3.8, 4) is 11.5 Å². The van der Waals surface area contributed by atoms with Gasteiger partial charge in [-0.2, -0.15) is 0 Å². The summed E-state index contributed by atoms with van der Waals surface area (Å²) in [4.78, 5) is 23.7. The quantitative estimate of drug-likeness (QED) is 0.547. The predicted molar refractivity (Wildman–Crippen MR) is 67.8 cm³/mol. The average Bonchev–Trinajstić information content (AvgIpc) is 2.40. The van der Waals surface area contributed by atoms with E-state index in [1.165, 1.54) is 42.5 Å². The van der Waals surface area contributed by atoms with Gasteiger partial charge in [0.05, 0.1) is 16.1 Å². The highest BCUT2D eigenvalue weighted by atomic mass is 35.5. The first-order valence-electron chi connectivity index (χ1n) is 5.47. The van der Waals surface area contributed by atoms with E-state index in [0.29, 0.717) is 16.9 Å². The van der Waals surface area contributed by atoms with Gasteiger partial charge in [-0.1, -0.05) is 11.6 Å². The van der Waals surface area contributed by atoms with E-state index >= 15 is 0 Å². The number of benzene rings is 2. The molecule has 0 radical (unpaired) electrons. The molecule has 0 spiro atoms. The van der Waals surface area contributed by atoms with E-state index in [1.54, 1.807) is 0 Å². The molecule has 6 rings (SSSR count). The zero-order chi connectivity index (χ0) is 13.4. The highest BCUT2D eigenvalue weighted by molar-refractivity contribution is 6.32. The number of esters is 2. The Morgan fingerprint density at radius 3 is 1.95 bits per heavy atom. The van der Waals surface area contributed by atoms with Crippen LogP contribution in [0.15, 0.2) is 42.5 Å². The van der Waals surface area contributed by atoms with Crippen molar-refractivity contribution in [1.82, 2.24) is 0 Å². The molecule has 4 bridgehead atoms. The number of rotatable bonds is 0. The van der Waals surface area contributed by atoms with E-state index in [0.717, 1.165) is 0 Å². The molecule has 0 aliphatic carbocycles. The summed E-state index contributed by atoms with van der Waals surface area (Å²) >= 11 is 5.96. The summed E-state index contributed by atoms with van der Waals surface area (Å²) in [5.74, 6) is -0.532. The molecule has 0 saturated carbocycles. The molecule has 0 amide bonds. The predicted octanol–water partition coefficient (Wildman–Crippen LogP) is 3.09. The molecule has 4 heterocycles. The van der Waals surface area contributed by atoms with Crippen LogP contribution in [-0.4, -0.2) is 11.9 Å². The Labute approximate surface area is 113 Å². The normalized spacial score (nSPS) is 13.5. The van der Waals surface area contributed by atoms with Crippen LogP contribution in [0.2, 0.25) is 5.02 Å². The summed E-state index contributed by atoms with van der Waals surface area (Å²) in [7, 11) is 0. The van der Waals surface area contributed by atoms with Crippen LogP contribution in [0.5, 0.6) is 11.5 Å². The van der Waals surface area contributed by atoms with Crippen molar-refractivity contribution in [1.29, 1.82) is 0 Å². The van der Waals surface area contributed by atoms with Crippen LogP contribution < -0.4 is 9.47 Å². The minimum absolute atomic E-state index is 0.202. The van der Waals surface area contributed by atoms with Crippen molar-refractivity contribution < 1.29 is 19.1 Å². The first kappa shape index (κ1) is 11.7. The van der Waals surface area contributed by atoms with Crippen LogP contribution in [-0.2, 0) is 0 Å². The summed E-state index contributed by atoms with van der Waals surface area (Å²) < 4.78 is 10.3. The monoisotopic (exact) mass is 274 g/mol. The number of carbonyl (C=O) groups excluding carboxylic acids is 2. The van der Waals surface area contributed by atoms with Crippen LogP contribution in [0.3, 0.4) is 0 Å². The Balaban J connectivity index is 2.15. The lowest BCUT2D eigenvalue weighted by Crippen LogP contribution is -2.13. The fraction of sp³-hybridized carbons (Fsp3) is 0. The van der Waals surface area contributed by atoms with Gasteiger partial charge >= 0.3 is 11.9 Å². The number of ether oxygens (including phenoxy) is 2. The molecule has 0 saturated heterocycles. The standard InChI is InChI=1S/C14H7ClO4/c15-11-7-10-5-6-12(11)19-14(17)9-3-1-8(2-4-9)13(16)18-10/h1-7H. The summed E-state index contributed by atoms with van der Waals surface area (Å²) in [5, 5.41) is 0.202. The number of hydrogen-bond acceptors (Lipinski definition) is 4. The third kappa shape index (κ3) is 2.18. The van der Waals surface area contributed by atoms with E-state index in [9.17, 15) is 9.59 Å². The van der Waals surface area contributed by atoms with Crippen molar-refractivity contribution in [3.63, 3.8) is 0 Å². The minimum Gasteiger partial charge on any atom is -0.423 e. The van der Waals surface area contributed by atoms with Crippen molar-refractivity contribution in [2.24, 2.45) is 0 Å². The number of hydrogen-bond donors (Lipinski definition) is 0. The van der Waals surface area contributed by atoms with Gasteiger partial charge in [0, 0.05) is 6.07 Å². The van der Waals surface area contributed by atoms with Crippen molar-refractivity contribution in [3.05, 3.63) is 58.6 Å². The first-order chi connectivity index (χ1) is 9.13. The average molecular weight is 275 g/mol. The van der Waals surface area contributed by atoms with Crippen LogP contribution in [0, 0.1) is 0 Å². The smallest absolute Gasteiger partial charge is 0.343 e. The van der Waals surface area contributed by atoms with Gasteiger partial charge in [-0.3, -0.25) is 0 Å². The van der Waals surface area contributed by atoms with Gasteiger partial charge in [-0.05, 0) is 36.4 Å². The van der Waals surface area contributed by atoms with E-state index < -0.39 is 11.9 Å². The number of halogens is 1. The van der Waals surface area contributed by atoms with Crippen LogP contribution in [0.4, 0.5) is 0 Å². The largest absolute Gasteiger partial charge is 0.423 e. The summed E-state index contributed by atoms with van der Waals surface area (Å²) in [6.45, 7) is 0. The van der Waals surface area contributed by atoms with Gasteiger partial charge in [-0.15, -0.1) is 0 Å². The van der Waals surface area contributed by atoms with Gasteiger partial charge in [0.15, 0.2) is 0 Å². The van der Waals surface area contributed by atoms with Crippen molar-refractivity contribution in [2.75, 3.05) is 0 Å². The molecule has 2 aromatic rings. The number of carbonyl (C=O) groups is 2. The highest BCUT2D eigenvalue weighted by Crippen LogP contribution is 2.30. The van der Waals surface area contributed by atoms with Crippen LogP contribution in [0.1, 0.15) is 20.7 Å². The summed E-state index contributed by atoms with van der Waals surface area (Å²) in [5.41, 5.74) is 0.676. The maximum atomic E-state index is 11.9. The molecule has 0 fully saturated rings. The molecule has 2 aromatic carbocycles. The van der Waals surface area contributed by atoms with Gasteiger partial charge in [-0.25, -0.2) is 9.59 Å². The molecule has 0 atom stereocenters. The van der Waals surface area contributed by atoms with Gasteiger partial charge < -0.3 is 9.47 Å². The van der Waals surface area contributed by atoms with Crippen molar-refractivity contribution >= 4 is 23.5 Å². The summed E-state index contributed by atoms with van der Waals surface area (Å²) in [6.07, 6.45) is 0. The van der Waals surface area contributed by atoms with Crippen LogP contribution >= 0.6 is 11.6 Å². The second kappa shape index (κ2) is 4.40. The second-order valence-corrected chi connectivity index (χ2v) is 4.36. The molecule has 4 nitrogen and oxygen atoms in total. The van der Waals surface area contributed by atoms with Gasteiger partial charge in [0.25, 0.3) is 0 Å². The molecule has 19 heavy (non-hydrogen) atoms. The molecule has 0 N–H and O–H groups in total. The molecule has 4 aliphatic heterocycles. The first-order valence-corrected chi connectivity index (χ1v) is 5.85. The maximum absolute atomic E-state index is 11.9. The van der Waals surface area contributed by atoms with Crippen molar-refractivity contribution in [2.45, 2.75) is 0 Å². The molecule has 4 aliphatic rings. The lowest BCUT2D eigenvalue weighted by molar-refractivity contribution is 0.0715. The zero-order valence-electron chi connectivity index (χ0n) is 9.55. The Morgan fingerprint density at radius 1 is 0.789 bits per heavy atom. The second-order valence-electron chi connectivity index (χ2n) is 3.95.